The first-order valence-electron chi connectivity index (χ1n) is 30.9. The summed E-state index contributed by atoms with van der Waals surface area (Å²) < 4.78 is 34.4. The molecule has 14 heteroatoms. The maximum Gasteiger partial charge on any atom is 0.306 e. The number of hydrogen-bond acceptors (Lipinski definition) is 14. The zero-order valence-corrected chi connectivity index (χ0v) is 48.2. The van der Waals surface area contributed by atoms with Crippen molar-refractivity contribution in [3.8, 4) is 0 Å². The van der Waals surface area contributed by atoms with E-state index in [-0.39, 0.29) is 25.6 Å². The molecule has 14 nitrogen and oxygen atoms in total. The van der Waals surface area contributed by atoms with Crippen LogP contribution >= 0.6 is 0 Å². The Morgan fingerprint density at radius 1 is 0.442 bits per heavy atom. The van der Waals surface area contributed by atoms with Gasteiger partial charge < -0.3 is 64.2 Å². The number of esters is 1. The number of ether oxygens (including phenoxy) is 6. The monoisotopic (exact) mass is 1090 g/mol. The Bertz CT molecular complexity index is 1500. The number of allylic oxidation sites excluding steroid dienone is 10. The average Bonchev–Trinajstić information content (AvgIpc) is 3.43. The fourth-order valence-electron chi connectivity index (χ4n) is 9.61. The first-order valence-corrected chi connectivity index (χ1v) is 30.9. The molecule has 0 bridgehead atoms. The lowest BCUT2D eigenvalue weighted by molar-refractivity contribution is -0.332. The maximum absolute atomic E-state index is 13.1. The van der Waals surface area contributed by atoms with Crippen LogP contribution in [0.3, 0.4) is 0 Å². The van der Waals surface area contributed by atoms with E-state index in [0.717, 1.165) is 83.5 Å². The molecule has 0 aromatic heterocycles. The number of carbonyl (C=O) groups is 1. The number of aliphatic hydroxyl groups is 7. The summed E-state index contributed by atoms with van der Waals surface area (Å²) in [4.78, 5) is 13.1. The van der Waals surface area contributed by atoms with E-state index in [1.165, 1.54) is 122 Å². The van der Waals surface area contributed by atoms with Crippen molar-refractivity contribution in [2.24, 2.45) is 0 Å². The van der Waals surface area contributed by atoms with Crippen molar-refractivity contribution in [1.29, 1.82) is 0 Å². The van der Waals surface area contributed by atoms with Crippen molar-refractivity contribution in [2.45, 2.75) is 300 Å². The predicted molar refractivity (Wildman–Crippen MR) is 307 cm³/mol. The summed E-state index contributed by atoms with van der Waals surface area (Å²) in [6, 6.07) is 0. The standard InChI is InChI=1S/C63H112O14/c1-3-5-7-9-11-13-15-17-19-21-23-25-26-27-28-30-32-34-36-38-40-42-44-46-55(65)75-52(49-72-47-45-43-41-39-37-35-33-31-29-24-22-20-18-16-14-12-10-8-6-4-2)50-73-62-61(71)59(69)57(67)54(77-62)51-74-63-60(70)58(68)56(66)53(48-64)76-63/h6,8,12,14,18,20,24,29,33,35,52-54,56-64,66-71H,3-5,7,9-11,13,15-17,19,21-23,25-28,30-32,34,36-51H2,1-2H3/b8-6-,14-12-,20-18-,29-24-,35-33-. The number of carbonyl (C=O) groups excluding carboxylic acids is 1. The molecule has 0 radical (unpaired) electrons. The second-order valence-electron chi connectivity index (χ2n) is 21.5. The molecule has 11 atom stereocenters. The van der Waals surface area contributed by atoms with Crippen LogP contribution in [0.15, 0.2) is 60.8 Å². The van der Waals surface area contributed by atoms with E-state index in [2.05, 4.69) is 74.6 Å². The van der Waals surface area contributed by atoms with E-state index in [1.54, 1.807) is 0 Å². The highest BCUT2D eigenvalue weighted by atomic mass is 16.7. The van der Waals surface area contributed by atoms with Crippen LogP contribution in [-0.4, -0.2) is 142 Å². The quantitative estimate of drug-likeness (QED) is 0.0172. The summed E-state index contributed by atoms with van der Waals surface area (Å²) in [6.45, 7) is 3.55. The molecule has 448 valence electrons. The van der Waals surface area contributed by atoms with Crippen LogP contribution in [-0.2, 0) is 33.2 Å². The zero-order valence-electron chi connectivity index (χ0n) is 48.2. The normalized spacial score (nSPS) is 24.7. The van der Waals surface area contributed by atoms with E-state index < -0.39 is 80.7 Å². The van der Waals surface area contributed by atoms with Gasteiger partial charge in [-0.05, 0) is 57.8 Å². The van der Waals surface area contributed by atoms with E-state index in [4.69, 9.17) is 28.4 Å². The third-order valence-corrected chi connectivity index (χ3v) is 14.5. The van der Waals surface area contributed by atoms with Gasteiger partial charge in [-0.1, -0.05) is 229 Å². The topological polar surface area (TPSA) is 214 Å². The zero-order chi connectivity index (χ0) is 55.8. The van der Waals surface area contributed by atoms with Crippen molar-refractivity contribution in [3.63, 3.8) is 0 Å². The van der Waals surface area contributed by atoms with Crippen molar-refractivity contribution in [2.75, 3.05) is 33.0 Å². The van der Waals surface area contributed by atoms with Crippen molar-refractivity contribution >= 4 is 5.97 Å². The van der Waals surface area contributed by atoms with E-state index in [9.17, 15) is 40.5 Å². The van der Waals surface area contributed by atoms with Gasteiger partial charge in [0, 0.05) is 13.0 Å². The van der Waals surface area contributed by atoms with Crippen LogP contribution in [0.1, 0.15) is 232 Å². The van der Waals surface area contributed by atoms with Crippen molar-refractivity contribution in [1.82, 2.24) is 0 Å². The highest BCUT2D eigenvalue weighted by Gasteiger charge is 2.47. The van der Waals surface area contributed by atoms with Gasteiger partial charge in [-0.15, -0.1) is 0 Å². The molecule has 2 aliphatic rings. The summed E-state index contributed by atoms with van der Waals surface area (Å²) in [5.74, 6) is -0.382. The van der Waals surface area contributed by atoms with E-state index >= 15 is 0 Å². The van der Waals surface area contributed by atoms with Gasteiger partial charge in [-0.25, -0.2) is 0 Å². The minimum absolute atomic E-state index is 0.0445. The summed E-state index contributed by atoms with van der Waals surface area (Å²) in [7, 11) is 0. The number of aliphatic hydroxyl groups excluding tert-OH is 7. The second kappa shape index (κ2) is 49.5. The van der Waals surface area contributed by atoms with Crippen LogP contribution < -0.4 is 0 Å². The Kier molecular flexibility index (Phi) is 45.5. The predicted octanol–water partition coefficient (Wildman–Crippen LogP) is 11.6. The minimum atomic E-state index is -1.71. The van der Waals surface area contributed by atoms with Gasteiger partial charge in [-0.3, -0.25) is 4.79 Å². The number of hydrogen-bond donors (Lipinski definition) is 7. The van der Waals surface area contributed by atoms with Crippen LogP contribution in [0, 0.1) is 0 Å². The summed E-state index contributed by atoms with van der Waals surface area (Å²) in [6.07, 6.45) is 45.7. The molecule has 2 fully saturated rings. The van der Waals surface area contributed by atoms with Gasteiger partial charge in [-0.2, -0.15) is 0 Å². The molecule has 0 aromatic carbocycles. The summed E-state index contributed by atoms with van der Waals surface area (Å²) >= 11 is 0. The molecule has 0 amide bonds. The molecule has 2 aliphatic heterocycles. The molecule has 7 N–H and O–H groups in total. The fourth-order valence-corrected chi connectivity index (χ4v) is 9.61. The van der Waals surface area contributed by atoms with Gasteiger partial charge in [0.25, 0.3) is 0 Å². The largest absolute Gasteiger partial charge is 0.457 e. The van der Waals surface area contributed by atoms with Crippen LogP contribution in [0.4, 0.5) is 0 Å². The lowest BCUT2D eigenvalue weighted by Crippen LogP contribution is -2.61. The fraction of sp³-hybridized carbons (Fsp3) is 0.825. The Hall–Kier alpha value is -2.31. The van der Waals surface area contributed by atoms with E-state index in [1.807, 2.05) is 0 Å². The minimum Gasteiger partial charge on any atom is -0.457 e. The number of unbranched alkanes of at least 4 members (excludes halogenated alkanes) is 26. The lowest BCUT2D eigenvalue weighted by Gasteiger charge is -2.42. The maximum atomic E-state index is 13.1. The van der Waals surface area contributed by atoms with Gasteiger partial charge in [0.15, 0.2) is 12.6 Å². The Labute approximate surface area is 466 Å². The number of rotatable bonds is 50. The van der Waals surface area contributed by atoms with Gasteiger partial charge in [0.05, 0.1) is 26.4 Å². The third kappa shape index (κ3) is 35.9. The van der Waals surface area contributed by atoms with Gasteiger partial charge >= 0.3 is 5.97 Å². The van der Waals surface area contributed by atoms with Crippen LogP contribution in [0.2, 0.25) is 0 Å². The molecule has 0 aromatic rings. The highest BCUT2D eigenvalue weighted by Crippen LogP contribution is 2.27. The van der Waals surface area contributed by atoms with Crippen molar-refractivity contribution in [3.05, 3.63) is 60.8 Å². The highest BCUT2D eigenvalue weighted by molar-refractivity contribution is 5.69. The molecule has 2 heterocycles. The second-order valence-corrected chi connectivity index (χ2v) is 21.5. The SMILES string of the molecule is CC/C=C\C/C=C\C/C=C\C/C=C\C/C=C\CCCCCCOCC(COC1OC(COC2OC(CO)C(O)C(O)C2O)C(O)C(O)C1O)OC(=O)CCCCCCCCCCCCCCCCCCCCCCCCC. The lowest BCUT2D eigenvalue weighted by atomic mass is 9.98. The molecule has 0 aliphatic carbocycles. The molecule has 0 spiro atoms. The summed E-state index contributed by atoms with van der Waals surface area (Å²) in [5.41, 5.74) is 0. The molecule has 77 heavy (non-hydrogen) atoms. The molecule has 11 unspecified atom stereocenters. The smallest absolute Gasteiger partial charge is 0.306 e. The Morgan fingerprint density at radius 2 is 0.844 bits per heavy atom. The molecule has 2 saturated heterocycles. The van der Waals surface area contributed by atoms with Gasteiger partial charge in [0.2, 0.25) is 0 Å². The van der Waals surface area contributed by atoms with Crippen molar-refractivity contribution < 1.29 is 69.0 Å². The Morgan fingerprint density at radius 3 is 1.32 bits per heavy atom. The molecule has 2 rings (SSSR count). The molecule has 0 saturated carbocycles. The molecular formula is C63H112O14. The van der Waals surface area contributed by atoms with E-state index in [0.29, 0.717) is 13.0 Å². The Balaban J connectivity index is 1.70. The summed E-state index contributed by atoms with van der Waals surface area (Å²) in [5, 5.41) is 72.4. The molecular weight excluding hydrogens is 981 g/mol. The van der Waals surface area contributed by atoms with Crippen LogP contribution in [0.5, 0.6) is 0 Å². The van der Waals surface area contributed by atoms with Gasteiger partial charge in [0.1, 0.15) is 54.9 Å². The average molecular weight is 1090 g/mol. The van der Waals surface area contributed by atoms with Crippen LogP contribution in [0.25, 0.3) is 0 Å². The first-order chi connectivity index (χ1) is 37.6. The third-order valence-electron chi connectivity index (χ3n) is 14.5. The first kappa shape index (κ1) is 70.8.